The highest BCUT2D eigenvalue weighted by Gasteiger charge is 2.06. The summed E-state index contributed by atoms with van der Waals surface area (Å²) in [6.45, 7) is 1.87. The standard InChI is InChI=1S/C15H14BrN5/c1-9-19-13(17-2)7-14(20-9)21-12-5-3-4-10-6-11(16)8-18-15(10)12/h3-8H,1-2H3,(H2,17,19,20,21). The first-order valence-electron chi connectivity index (χ1n) is 6.50. The average Bonchev–Trinajstić information content (AvgIpc) is 2.46. The van der Waals surface area contributed by atoms with Gasteiger partial charge >= 0.3 is 0 Å². The normalized spacial score (nSPS) is 10.6. The second-order valence-corrected chi connectivity index (χ2v) is 5.51. The first-order valence-corrected chi connectivity index (χ1v) is 7.30. The van der Waals surface area contributed by atoms with E-state index in [0.29, 0.717) is 5.82 Å². The van der Waals surface area contributed by atoms with E-state index in [9.17, 15) is 0 Å². The topological polar surface area (TPSA) is 62.7 Å². The van der Waals surface area contributed by atoms with Gasteiger partial charge in [-0.15, -0.1) is 0 Å². The Labute approximate surface area is 131 Å². The number of hydrogen-bond acceptors (Lipinski definition) is 5. The van der Waals surface area contributed by atoms with E-state index in [0.717, 1.165) is 32.7 Å². The monoisotopic (exact) mass is 343 g/mol. The van der Waals surface area contributed by atoms with Gasteiger partial charge in [0.1, 0.15) is 17.5 Å². The molecule has 0 aliphatic rings. The second-order valence-electron chi connectivity index (χ2n) is 4.59. The number of fused-ring (bicyclic) bond motifs is 1. The molecule has 0 atom stereocenters. The largest absolute Gasteiger partial charge is 0.373 e. The van der Waals surface area contributed by atoms with Crippen molar-refractivity contribution in [3.63, 3.8) is 0 Å². The summed E-state index contributed by atoms with van der Waals surface area (Å²) in [5.74, 6) is 2.23. The molecule has 2 aromatic heterocycles. The van der Waals surface area contributed by atoms with Crippen LogP contribution in [0.3, 0.4) is 0 Å². The number of nitrogens with zero attached hydrogens (tertiary/aromatic N) is 3. The molecule has 0 fully saturated rings. The summed E-state index contributed by atoms with van der Waals surface area (Å²) in [6, 6.07) is 9.91. The lowest BCUT2D eigenvalue weighted by Gasteiger charge is -2.10. The second kappa shape index (κ2) is 5.65. The van der Waals surface area contributed by atoms with Gasteiger partial charge in [0, 0.05) is 29.2 Å². The fourth-order valence-electron chi connectivity index (χ4n) is 2.13. The van der Waals surface area contributed by atoms with Gasteiger partial charge in [0.05, 0.1) is 11.2 Å². The minimum atomic E-state index is 0.709. The molecular weight excluding hydrogens is 330 g/mol. The molecule has 0 aliphatic heterocycles. The van der Waals surface area contributed by atoms with E-state index in [1.807, 2.05) is 44.3 Å². The van der Waals surface area contributed by atoms with Crippen LogP contribution in [-0.4, -0.2) is 22.0 Å². The maximum Gasteiger partial charge on any atom is 0.136 e. The van der Waals surface area contributed by atoms with Crippen LogP contribution in [0, 0.1) is 6.92 Å². The number of aromatic nitrogens is 3. The van der Waals surface area contributed by atoms with Crippen molar-refractivity contribution >= 4 is 44.2 Å². The molecule has 2 N–H and O–H groups in total. The number of pyridine rings is 1. The molecule has 6 heteroatoms. The van der Waals surface area contributed by atoms with Crippen LogP contribution in [0.1, 0.15) is 5.82 Å². The summed E-state index contributed by atoms with van der Waals surface area (Å²) in [7, 11) is 1.84. The molecule has 0 amide bonds. The Morgan fingerprint density at radius 2 is 1.90 bits per heavy atom. The van der Waals surface area contributed by atoms with Gasteiger partial charge in [0.2, 0.25) is 0 Å². The third-order valence-electron chi connectivity index (χ3n) is 3.03. The number of para-hydroxylation sites is 1. The number of benzene rings is 1. The molecule has 0 bridgehead atoms. The molecule has 0 aliphatic carbocycles. The molecule has 1 aromatic carbocycles. The Kier molecular flexibility index (Phi) is 3.70. The SMILES string of the molecule is CNc1cc(Nc2cccc3cc(Br)cnc23)nc(C)n1. The van der Waals surface area contributed by atoms with Crippen LogP contribution >= 0.6 is 15.9 Å². The van der Waals surface area contributed by atoms with Gasteiger partial charge in [0.25, 0.3) is 0 Å². The minimum absolute atomic E-state index is 0.709. The van der Waals surface area contributed by atoms with Gasteiger partial charge in [-0.1, -0.05) is 12.1 Å². The summed E-state index contributed by atoms with van der Waals surface area (Å²) < 4.78 is 0.961. The van der Waals surface area contributed by atoms with Crippen LogP contribution in [-0.2, 0) is 0 Å². The van der Waals surface area contributed by atoms with Crippen molar-refractivity contribution in [3.05, 3.63) is 46.8 Å². The van der Waals surface area contributed by atoms with E-state index < -0.39 is 0 Å². The van der Waals surface area contributed by atoms with Crippen LogP contribution < -0.4 is 10.6 Å². The molecule has 21 heavy (non-hydrogen) atoms. The lowest BCUT2D eigenvalue weighted by Crippen LogP contribution is -2.01. The summed E-state index contributed by atoms with van der Waals surface area (Å²) in [6.07, 6.45) is 1.79. The third kappa shape index (κ3) is 2.95. The zero-order valence-electron chi connectivity index (χ0n) is 11.7. The van der Waals surface area contributed by atoms with Crippen molar-refractivity contribution in [2.45, 2.75) is 6.92 Å². The van der Waals surface area contributed by atoms with Gasteiger partial charge in [-0.05, 0) is 35.0 Å². The fourth-order valence-corrected chi connectivity index (χ4v) is 2.48. The van der Waals surface area contributed by atoms with Gasteiger partial charge in [-0.25, -0.2) is 9.97 Å². The van der Waals surface area contributed by atoms with Crippen LogP contribution in [0.4, 0.5) is 17.3 Å². The Balaban J connectivity index is 2.04. The Morgan fingerprint density at radius 1 is 1.10 bits per heavy atom. The van der Waals surface area contributed by atoms with Crippen molar-refractivity contribution < 1.29 is 0 Å². The molecular formula is C15H14BrN5. The number of hydrogen-bond donors (Lipinski definition) is 2. The molecule has 0 spiro atoms. The van der Waals surface area contributed by atoms with E-state index in [4.69, 9.17) is 0 Å². The third-order valence-corrected chi connectivity index (χ3v) is 3.47. The molecule has 3 aromatic rings. The van der Waals surface area contributed by atoms with Gasteiger partial charge < -0.3 is 10.6 Å². The maximum atomic E-state index is 4.47. The Morgan fingerprint density at radius 3 is 2.71 bits per heavy atom. The summed E-state index contributed by atoms with van der Waals surface area (Å²) >= 11 is 3.44. The summed E-state index contributed by atoms with van der Waals surface area (Å²) in [4.78, 5) is 13.2. The molecule has 2 heterocycles. The zero-order valence-corrected chi connectivity index (χ0v) is 13.3. The smallest absolute Gasteiger partial charge is 0.136 e. The number of nitrogens with one attached hydrogen (secondary N) is 2. The van der Waals surface area contributed by atoms with Crippen molar-refractivity contribution in [2.24, 2.45) is 0 Å². The Bertz CT molecular complexity index is 803. The lowest BCUT2D eigenvalue weighted by molar-refractivity contribution is 1.06. The van der Waals surface area contributed by atoms with E-state index in [1.165, 1.54) is 0 Å². The number of anilines is 3. The number of halogens is 1. The molecule has 0 saturated heterocycles. The van der Waals surface area contributed by atoms with Crippen molar-refractivity contribution in [3.8, 4) is 0 Å². The van der Waals surface area contributed by atoms with Gasteiger partial charge in [0.15, 0.2) is 0 Å². The minimum Gasteiger partial charge on any atom is -0.373 e. The lowest BCUT2D eigenvalue weighted by atomic mass is 10.2. The zero-order chi connectivity index (χ0) is 14.8. The van der Waals surface area contributed by atoms with Crippen LogP contribution in [0.5, 0.6) is 0 Å². The van der Waals surface area contributed by atoms with Gasteiger partial charge in [-0.3, -0.25) is 4.98 Å². The maximum absolute atomic E-state index is 4.47. The highest BCUT2D eigenvalue weighted by molar-refractivity contribution is 9.10. The Hall–Kier alpha value is -2.21. The van der Waals surface area contributed by atoms with E-state index in [1.54, 1.807) is 6.20 Å². The predicted molar refractivity (Wildman–Crippen MR) is 89.0 cm³/mol. The van der Waals surface area contributed by atoms with E-state index in [2.05, 4.69) is 41.5 Å². The molecule has 0 saturated carbocycles. The van der Waals surface area contributed by atoms with Crippen LogP contribution in [0.2, 0.25) is 0 Å². The number of aryl methyl sites for hydroxylation is 1. The fraction of sp³-hybridized carbons (Fsp3) is 0.133. The molecule has 0 unspecified atom stereocenters. The van der Waals surface area contributed by atoms with Crippen molar-refractivity contribution in [1.82, 2.24) is 15.0 Å². The molecule has 0 radical (unpaired) electrons. The number of rotatable bonds is 3. The van der Waals surface area contributed by atoms with Crippen molar-refractivity contribution in [1.29, 1.82) is 0 Å². The van der Waals surface area contributed by atoms with E-state index >= 15 is 0 Å². The predicted octanol–water partition coefficient (Wildman–Crippen LogP) is 3.88. The molecule has 5 nitrogen and oxygen atoms in total. The van der Waals surface area contributed by atoms with Crippen LogP contribution in [0.25, 0.3) is 10.9 Å². The highest BCUT2D eigenvalue weighted by atomic mass is 79.9. The first kappa shape index (κ1) is 13.8. The average molecular weight is 344 g/mol. The van der Waals surface area contributed by atoms with Crippen LogP contribution in [0.15, 0.2) is 41.0 Å². The highest BCUT2D eigenvalue weighted by Crippen LogP contribution is 2.26. The van der Waals surface area contributed by atoms with E-state index in [-0.39, 0.29) is 0 Å². The summed E-state index contributed by atoms with van der Waals surface area (Å²) in [5, 5.41) is 7.40. The van der Waals surface area contributed by atoms with Gasteiger partial charge in [-0.2, -0.15) is 0 Å². The summed E-state index contributed by atoms with van der Waals surface area (Å²) in [5.41, 5.74) is 1.82. The first-order chi connectivity index (χ1) is 10.2. The quantitative estimate of drug-likeness (QED) is 0.755. The molecule has 106 valence electrons. The van der Waals surface area contributed by atoms with Crippen molar-refractivity contribution in [2.75, 3.05) is 17.7 Å². The molecule has 3 rings (SSSR count).